The van der Waals surface area contributed by atoms with Gasteiger partial charge in [-0.05, 0) is 19.8 Å². The summed E-state index contributed by atoms with van der Waals surface area (Å²) in [7, 11) is 0. The molecule has 4 N–H and O–H groups in total. The van der Waals surface area contributed by atoms with E-state index in [4.69, 9.17) is 10.5 Å². The van der Waals surface area contributed by atoms with Gasteiger partial charge < -0.3 is 20.9 Å². The first-order chi connectivity index (χ1) is 8.08. The predicted octanol–water partition coefficient (Wildman–Crippen LogP) is 0.874. The maximum atomic E-state index is 9.47. The van der Waals surface area contributed by atoms with Crippen LogP contribution in [0, 0.1) is 5.41 Å². The van der Waals surface area contributed by atoms with Gasteiger partial charge in [0.1, 0.15) is 0 Å². The third-order valence-electron chi connectivity index (χ3n) is 3.04. The van der Waals surface area contributed by atoms with E-state index in [-0.39, 0.29) is 36.0 Å². The van der Waals surface area contributed by atoms with Gasteiger partial charge in [-0.3, -0.25) is 4.99 Å². The number of aliphatic imine (C=N–C) groups is 1. The van der Waals surface area contributed by atoms with Crippen LogP contribution in [0.3, 0.4) is 0 Å². The van der Waals surface area contributed by atoms with Crippen molar-refractivity contribution < 1.29 is 9.84 Å². The molecular formula is C12H24IN3O2. The largest absolute Gasteiger partial charge is 0.396 e. The number of ether oxygens (including phenoxy) is 1. The van der Waals surface area contributed by atoms with Crippen LogP contribution in [0.1, 0.15) is 19.8 Å². The molecule has 0 spiro atoms. The molecule has 0 bridgehead atoms. The van der Waals surface area contributed by atoms with Gasteiger partial charge in [-0.2, -0.15) is 0 Å². The van der Waals surface area contributed by atoms with Crippen molar-refractivity contribution in [2.75, 3.05) is 32.9 Å². The highest BCUT2D eigenvalue weighted by atomic mass is 127. The lowest BCUT2D eigenvalue weighted by Gasteiger charge is -2.34. The van der Waals surface area contributed by atoms with Crippen LogP contribution in [-0.2, 0) is 4.74 Å². The van der Waals surface area contributed by atoms with Crippen molar-refractivity contribution in [3.8, 4) is 0 Å². The molecule has 1 heterocycles. The summed E-state index contributed by atoms with van der Waals surface area (Å²) in [5.41, 5.74) is 6.58. The highest BCUT2D eigenvalue weighted by Gasteiger charge is 2.31. The quantitative estimate of drug-likeness (QED) is 0.291. The molecule has 1 fully saturated rings. The third kappa shape index (κ3) is 6.01. The van der Waals surface area contributed by atoms with Crippen molar-refractivity contribution >= 4 is 29.9 Å². The van der Waals surface area contributed by atoms with Crippen LogP contribution in [-0.4, -0.2) is 44.0 Å². The maximum Gasteiger partial charge on any atom is 0.188 e. The molecule has 0 unspecified atom stereocenters. The van der Waals surface area contributed by atoms with Gasteiger partial charge in [0.05, 0.1) is 13.2 Å². The number of nitrogens with two attached hydrogens (primary N) is 1. The first kappa shape index (κ1) is 17.7. The van der Waals surface area contributed by atoms with E-state index in [0.717, 1.165) is 18.4 Å². The zero-order valence-electron chi connectivity index (χ0n) is 10.9. The fourth-order valence-corrected chi connectivity index (χ4v) is 1.72. The van der Waals surface area contributed by atoms with Crippen LogP contribution in [0.5, 0.6) is 0 Å². The molecule has 1 saturated heterocycles. The van der Waals surface area contributed by atoms with Crippen LogP contribution >= 0.6 is 24.0 Å². The average molecular weight is 369 g/mol. The van der Waals surface area contributed by atoms with Gasteiger partial charge in [0.25, 0.3) is 0 Å². The topological polar surface area (TPSA) is 79.9 Å². The molecule has 0 atom stereocenters. The van der Waals surface area contributed by atoms with Gasteiger partial charge in [0.2, 0.25) is 0 Å². The second kappa shape index (κ2) is 8.71. The molecule has 6 heteroatoms. The highest BCUT2D eigenvalue weighted by Crippen LogP contribution is 2.30. The third-order valence-corrected chi connectivity index (χ3v) is 3.04. The van der Waals surface area contributed by atoms with Gasteiger partial charge in [0.15, 0.2) is 5.96 Å². The number of nitrogens with one attached hydrogen (secondary N) is 1. The molecule has 0 radical (unpaired) electrons. The maximum absolute atomic E-state index is 9.47. The normalized spacial score (nSPS) is 18.9. The number of rotatable bonds is 5. The predicted molar refractivity (Wildman–Crippen MR) is 84.3 cm³/mol. The summed E-state index contributed by atoms with van der Waals surface area (Å²) in [6.45, 7) is 8.39. The fourth-order valence-electron chi connectivity index (χ4n) is 1.72. The van der Waals surface area contributed by atoms with Crippen molar-refractivity contribution in [1.82, 2.24) is 5.32 Å². The Labute approximate surface area is 126 Å². The van der Waals surface area contributed by atoms with E-state index in [1.165, 1.54) is 0 Å². The molecule has 5 nitrogen and oxygen atoms in total. The number of hydrogen-bond donors (Lipinski definition) is 3. The number of aliphatic hydroxyl groups is 1. The van der Waals surface area contributed by atoms with Crippen LogP contribution in [0.4, 0.5) is 0 Å². The number of aliphatic hydroxyl groups excluding tert-OH is 1. The smallest absolute Gasteiger partial charge is 0.188 e. The van der Waals surface area contributed by atoms with Crippen LogP contribution in [0.25, 0.3) is 0 Å². The van der Waals surface area contributed by atoms with Crippen molar-refractivity contribution in [3.05, 3.63) is 12.2 Å². The van der Waals surface area contributed by atoms with E-state index in [1.807, 2.05) is 6.92 Å². The van der Waals surface area contributed by atoms with Crippen molar-refractivity contribution in [2.24, 2.45) is 16.1 Å². The van der Waals surface area contributed by atoms with E-state index >= 15 is 0 Å². The number of guanidine groups is 1. The van der Waals surface area contributed by atoms with E-state index < -0.39 is 0 Å². The lowest BCUT2D eigenvalue weighted by Crippen LogP contribution is -2.38. The Bertz CT molecular complexity index is 289. The SMILES string of the molecule is C=C(C)CNC(N)=NCC1(CO)CCOCC1.I. The number of hydrogen-bond acceptors (Lipinski definition) is 3. The van der Waals surface area contributed by atoms with Crippen LogP contribution in [0.15, 0.2) is 17.1 Å². The van der Waals surface area contributed by atoms with Gasteiger partial charge in [-0.1, -0.05) is 12.2 Å². The lowest BCUT2D eigenvalue weighted by molar-refractivity contribution is -0.0105. The fraction of sp³-hybridized carbons (Fsp3) is 0.750. The molecule has 0 aromatic heterocycles. The Kier molecular flexibility index (Phi) is 8.54. The molecule has 1 rings (SSSR count). The molecule has 106 valence electrons. The van der Waals surface area contributed by atoms with Crippen molar-refractivity contribution in [2.45, 2.75) is 19.8 Å². The molecule has 0 saturated carbocycles. The van der Waals surface area contributed by atoms with Crippen molar-refractivity contribution in [3.63, 3.8) is 0 Å². The molecule has 1 aliphatic heterocycles. The van der Waals surface area contributed by atoms with Crippen LogP contribution < -0.4 is 11.1 Å². The summed E-state index contributed by atoms with van der Waals surface area (Å²) in [5.74, 6) is 0.410. The highest BCUT2D eigenvalue weighted by molar-refractivity contribution is 14.0. The Morgan fingerprint density at radius 3 is 2.61 bits per heavy atom. The minimum atomic E-state index is -0.159. The van der Waals surface area contributed by atoms with Crippen molar-refractivity contribution in [1.29, 1.82) is 0 Å². The summed E-state index contributed by atoms with van der Waals surface area (Å²) in [4.78, 5) is 4.29. The summed E-state index contributed by atoms with van der Waals surface area (Å²) >= 11 is 0. The van der Waals surface area contributed by atoms with Gasteiger partial charge >= 0.3 is 0 Å². The zero-order valence-corrected chi connectivity index (χ0v) is 13.3. The Balaban J connectivity index is 0.00000289. The Morgan fingerprint density at radius 2 is 2.11 bits per heavy atom. The van der Waals surface area contributed by atoms with Gasteiger partial charge in [-0.15, -0.1) is 24.0 Å². The number of halogens is 1. The minimum Gasteiger partial charge on any atom is -0.396 e. The first-order valence-corrected chi connectivity index (χ1v) is 5.95. The Morgan fingerprint density at radius 1 is 1.50 bits per heavy atom. The summed E-state index contributed by atoms with van der Waals surface area (Å²) in [5, 5.41) is 12.5. The number of nitrogens with zero attached hydrogens (tertiary/aromatic N) is 1. The molecule has 0 aliphatic carbocycles. The standard InChI is InChI=1S/C12H23N3O2.HI/c1-10(2)7-14-11(13)15-8-12(9-16)3-5-17-6-4-12;/h16H,1,3-9H2,2H3,(H3,13,14,15);1H. The second-order valence-electron chi connectivity index (χ2n) is 4.78. The van der Waals surface area contributed by atoms with E-state index in [0.29, 0.717) is 32.3 Å². The molecule has 18 heavy (non-hydrogen) atoms. The minimum absolute atomic E-state index is 0. The molecule has 0 amide bonds. The second-order valence-corrected chi connectivity index (χ2v) is 4.78. The molecule has 1 aliphatic rings. The van der Waals surface area contributed by atoms with E-state index in [1.54, 1.807) is 0 Å². The zero-order chi connectivity index (χ0) is 12.7. The van der Waals surface area contributed by atoms with E-state index in [9.17, 15) is 5.11 Å². The summed E-state index contributed by atoms with van der Waals surface area (Å²) in [6, 6.07) is 0. The van der Waals surface area contributed by atoms with Gasteiger partial charge in [0, 0.05) is 25.2 Å². The average Bonchev–Trinajstić information content (AvgIpc) is 2.35. The summed E-state index contributed by atoms with van der Waals surface area (Å²) in [6.07, 6.45) is 1.67. The monoisotopic (exact) mass is 369 g/mol. The first-order valence-electron chi connectivity index (χ1n) is 5.95. The molecule has 0 aromatic rings. The Hall–Kier alpha value is -0.340. The van der Waals surface area contributed by atoms with E-state index in [2.05, 4.69) is 16.9 Å². The molecule has 0 aromatic carbocycles. The van der Waals surface area contributed by atoms with Crippen LogP contribution in [0.2, 0.25) is 0 Å². The lowest BCUT2D eigenvalue weighted by atomic mass is 9.81. The van der Waals surface area contributed by atoms with Gasteiger partial charge in [-0.25, -0.2) is 0 Å². The summed E-state index contributed by atoms with van der Waals surface area (Å²) < 4.78 is 5.29. The molecular weight excluding hydrogens is 345 g/mol.